The van der Waals surface area contributed by atoms with Crippen LogP contribution in [0.25, 0.3) is 0 Å². The molecule has 1 aliphatic rings. The quantitative estimate of drug-likeness (QED) is 0.550. The number of nitrogens with one attached hydrogen (secondary N) is 1. The molecule has 0 unspecified atom stereocenters. The summed E-state index contributed by atoms with van der Waals surface area (Å²) in [6, 6.07) is 4.79. The maximum absolute atomic E-state index is 5.67. The molecule has 0 heterocycles. The van der Waals surface area contributed by atoms with Gasteiger partial charge in [-0.1, -0.05) is 0 Å². The van der Waals surface area contributed by atoms with E-state index in [-0.39, 0.29) is 6.79 Å². The molecule has 1 aromatic rings. The van der Waals surface area contributed by atoms with Gasteiger partial charge in [0.1, 0.15) is 0 Å². The fourth-order valence-corrected chi connectivity index (χ4v) is 2.46. The van der Waals surface area contributed by atoms with E-state index in [0.717, 1.165) is 16.8 Å². The number of hydrogen-bond donors (Lipinski definition) is 1. The summed E-state index contributed by atoms with van der Waals surface area (Å²) in [6.45, 7) is 6.23. The standard InChI is InChI=1S/C15H22BrNO3/c1-3-18-10-20-15-13(16)7-11(8-14(15)19-4-2)9-17-12-5-6-12/h7-8,12,17H,3-6,9-10H2,1-2H3. The molecule has 0 bridgehead atoms. The lowest BCUT2D eigenvalue weighted by Gasteiger charge is -2.15. The molecule has 0 saturated heterocycles. The Morgan fingerprint density at radius 3 is 2.65 bits per heavy atom. The van der Waals surface area contributed by atoms with Gasteiger partial charge in [-0.3, -0.25) is 0 Å². The molecule has 0 spiro atoms. The minimum absolute atomic E-state index is 0.231. The summed E-state index contributed by atoms with van der Waals surface area (Å²) >= 11 is 3.55. The molecule has 1 N–H and O–H groups in total. The second-order valence-corrected chi connectivity index (χ2v) is 5.60. The third-order valence-electron chi connectivity index (χ3n) is 3.03. The van der Waals surface area contributed by atoms with Crippen molar-refractivity contribution in [2.75, 3.05) is 20.0 Å². The van der Waals surface area contributed by atoms with Crippen molar-refractivity contribution < 1.29 is 14.2 Å². The van der Waals surface area contributed by atoms with E-state index in [0.29, 0.717) is 25.0 Å². The Hall–Kier alpha value is -0.780. The van der Waals surface area contributed by atoms with E-state index in [2.05, 4.69) is 27.3 Å². The molecule has 4 nitrogen and oxygen atoms in total. The topological polar surface area (TPSA) is 39.7 Å². The summed E-state index contributed by atoms with van der Waals surface area (Å²) in [5, 5.41) is 3.50. The Labute approximate surface area is 128 Å². The lowest BCUT2D eigenvalue weighted by molar-refractivity contribution is 0.0201. The van der Waals surface area contributed by atoms with Crippen LogP contribution in [0.2, 0.25) is 0 Å². The van der Waals surface area contributed by atoms with Crippen molar-refractivity contribution in [1.29, 1.82) is 0 Å². The third-order valence-corrected chi connectivity index (χ3v) is 3.62. The van der Waals surface area contributed by atoms with Crippen molar-refractivity contribution in [3.05, 3.63) is 22.2 Å². The van der Waals surface area contributed by atoms with Crippen LogP contribution in [0.15, 0.2) is 16.6 Å². The van der Waals surface area contributed by atoms with Crippen molar-refractivity contribution in [1.82, 2.24) is 5.32 Å². The van der Waals surface area contributed by atoms with E-state index in [1.807, 2.05) is 19.9 Å². The van der Waals surface area contributed by atoms with Crippen LogP contribution in [0.3, 0.4) is 0 Å². The Morgan fingerprint density at radius 1 is 1.20 bits per heavy atom. The average Bonchev–Trinajstić information content (AvgIpc) is 3.24. The highest BCUT2D eigenvalue weighted by atomic mass is 79.9. The molecule has 0 aromatic heterocycles. The van der Waals surface area contributed by atoms with E-state index < -0.39 is 0 Å². The van der Waals surface area contributed by atoms with Gasteiger partial charge >= 0.3 is 0 Å². The summed E-state index contributed by atoms with van der Waals surface area (Å²) in [7, 11) is 0. The van der Waals surface area contributed by atoms with Crippen LogP contribution in [-0.4, -0.2) is 26.0 Å². The highest BCUT2D eigenvalue weighted by Gasteiger charge is 2.20. The molecule has 5 heteroatoms. The van der Waals surface area contributed by atoms with Gasteiger partial charge < -0.3 is 19.5 Å². The minimum Gasteiger partial charge on any atom is -0.490 e. The second kappa shape index (κ2) is 7.86. The predicted molar refractivity (Wildman–Crippen MR) is 82.3 cm³/mol. The number of hydrogen-bond acceptors (Lipinski definition) is 4. The molecule has 0 radical (unpaired) electrons. The first kappa shape index (κ1) is 15.6. The fourth-order valence-electron chi connectivity index (χ4n) is 1.86. The van der Waals surface area contributed by atoms with Crippen molar-refractivity contribution in [3.8, 4) is 11.5 Å². The van der Waals surface area contributed by atoms with Gasteiger partial charge in [-0.2, -0.15) is 0 Å². The maximum Gasteiger partial charge on any atom is 0.189 e. The fraction of sp³-hybridized carbons (Fsp3) is 0.600. The predicted octanol–water partition coefficient (Wildman–Crippen LogP) is 3.47. The molecule has 2 rings (SSSR count). The summed E-state index contributed by atoms with van der Waals surface area (Å²) < 4.78 is 17.4. The zero-order valence-corrected chi connectivity index (χ0v) is 13.7. The molecular formula is C15H22BrNO3. The first-order valence-corrected chi connectivity index (χ1v) is 7.93. The van der Waals surface area contributed by atoms with E-state index in [1.165, 1.54) is 18.4 Å². The normalized spacial score (nSPS) is 14.3. The highest BCUT2D eigenvalue weighted by Crippen LogP contribution is 2.37. The van der Waals surface area contributed by atoms with E-state index in [1.54, 1.807) is 0 Å². The molecule has 1 fully saturated rings. The Balaban J connectivity index is 2.07. The number of rotatable bonds is 9. The van der Waals surface area contributed by atoms with Crippen LogP contribution < -0.4 is 14.8 Å². The smallest absolute Gasteiger partial charge is 0.189 e. The molecule has 0 atom stereocenters. The first-order chi connectivity index (χ1) is 9.74. The Kier molecular flexibility index (Phi) is 6.13. The van der Waals surface area contributed by atoms with Crippen LogP contribution in [0, 0.1) is 0 Å². The molecule has 0 amide bonds. The number of benzene rings is 1. The van der Waals surface area contributed by atoms with Crippen LogP contribution in [0.4, 0.5) is 0 Å². The maximum atomic E-state index is 5.67. The van der Waals surface area contributed by atoms with E-state index in [9.17, 15) is 0 Å². The van der Waals surface area contributed by atoms with Crippen molar-refractivity contribution in [3.63, 3.8) is 0 Å². The lowest BCUT2D eigenvalue weighted by Crippen LogP contribution is -2.15. The van der Waals surface area contributed by atoms with Crippen LogP contribution >= 0.6 is 15.9 Å². The SMILES string of the molecule is CCOCOc1c(Br)cc(CNC2CC2)cc1OCC. The molecule has 1 aromatic carbocycles. The summed E-state index contributed by atoms with van der Waals surface area (Å²) in [6.07, 6.45) is 2.57. The van der Waals surface area contributed by atoms with Crippen LogP contribution in [-0.2, 0) is 11.3 Å². The van der Waals surface area contributed by atoms with Gasteiger partial charge in [0.15, 0.2) is 18.3 Å². The van der Waals surface area contributed by atoms with Gasteiger partial charge in [-0.05, 0) is 60.3 Å². The summed E-state index contributed by atoms with van der Waals surface area (Å²) in [5.74, 6) is 1.46. The van der Waals surface area contributed by atoms with Gasteiger partial charge in [-0.25, -0.2) is 0 Å². The van der Waals surface area contributed by atoms with Crippen molar-refractivity contribution in [2.45, 2.75) is 39.3 Å². The van der Waals surface area contributed by atoms with Crippen molar-refractivity contribution >= 4 is 15.9 Å². The van der Waals surface area contributed by atoms with Crippen molar-refractivity contribution in [2.24, 2.45) is 0 Å². The molecule has 112 valence electrons. The zero-order chi connectivity index (χ0) is 14.4. The van der Waals surface area contributed by atoms with Crippen LogP contribution in [0.5, 0.6) is 11.5 Å². The molecular weight excluding hydrogens is 322 g/mol. The van der Waals surface area contributed by atoms with Crippen LogP contribution in [0.1, 0.15) is 32.3 Å². The molecule has 1 saturated carbocycles. The van der Waals surface area contributed by atoms with E-state index in [4.69, 9.17) is 14.2 Å². The number of halogens is 1. The average molecular weight is 344 g/mol. The first-order valence-electron chi connectivity index (χ1n) is 7.13. The molecule has 0 aliphatic heterocycles. The summed E-state index contributed by atoms with van der Waals surface area (Å²) in [5.41, 5.74) is 1.19. The third kappa shape index (κ3) is 4.65. The Bertz CT molecular complexity index is 435. The highest BCUT2D eigenvalue weighted by molar-refractivity contribution is 9.10. The number of ether oxygens (including phenoxy) is 3. The summed E-state index contributed by atoms with van der Waals surface area (Å²) in [4.78, 5) is 0. The van der Waals surface area contributed by atoms with Gasteiger partial charge in [0.25, 0.3) is 0 Å². The largest absolute Gasteiger partial charge is 0.490 e. The van der Waals surface area contributed by atoms with E-state index >= 15 is 0 Å². The minimum atomic E-state index is 0.231. The lowest BCUT2D eigenvalue weighted by atomic mass is 10.2. The van der Waals surface area contributed by atoms with Gasteiger partial charge in [0, 0.05) is 19.2 Å². The second-order valence-electron chi connectivity index (χ2n) is 4.75. The van der Waals surface area contributed by atoms with Gasteiger partial charge in [0.05, 0.1) is 11.1 Å². The Morgan fingerprint density at radius 2 is 2.00 bits per heavy atom. The van der Waals surface area contributed by atoms with Gasteiger partial charge in [-0.15, -0.1) is 0 Å². The zero-order valence-electron chi connectivity index (χ0n) is 12.1. The molecule has 20 heavy (non-hydrogen) atoms. The molecule has 1 aliphatic carbocycles. The monoisotopic (exact) mass is 343 g/mol. The van der Waals surface area contributed by atoms with Gasteiger partial charge in [0.2, 0.25) is 0 Å².